The number of allylic oxidation sites excluding steroid dienone is 2. The number of aliphatic carboxylic acids is 1. The first-order valence-electron chi connectivity index (χ1n) is 10.5. The van der Waals surface area contributed by atoms with Crippen molar-refractivity contribution in [3.63, 3.8) is 0 Å². The lowest BCUT2D eigenvalue weighted by Gasteiger charge is -2.40. The topological polar surface area (TPSA) is 95.0 Å². The first-order chi connectivity index (χ1) is 15.5. The fourth-order valence-corrected chi connectivity index (χ4v) is 4.14. The predicted octanol–water partition coefficient (Wildman–Crippen LogP) is 4.47. The number of carbonyl (C=O) groups excluding carboxylic acids is 1. The molecule has 1 aromatic heterocycles. The molecule has 32 heavy (non-hydrogen) atoms. The quantitative estimate of drug-likeness (QED) is 0.613. The van der Waals surface area contributed by atoms with Crippen molar-refractivity contribution in [1.82, 2.24) is 4.98 Å². The molecule has 2 aromatic rings. The maximum Gasteiger partial charge on any atom is 0.303 e. The minimum absolute atomic E-state index is 0.00197. The van der Waals surface area contributed by atoms with Gasteiger partial charge in [-0.25, -0.2) is 0 Å². The zero-order chi connectivity index (χ0) is 22.5. The van der Waals surface area contributed by atoms with Gasteiger partial charge in [0.15, 0.2) is 12.1 Å². The fraction of sp³-hybridized carbons (Fsp3) is 0.375. The van der Waals surface area contributed by atoms with Crippen molar-refractivity contribution in [3.05, 3.63) is 71.0 Å². The zero-order valence-electron chi connectivity index (χ0n) is 17.4. The summed E-state index contributed by atoms with van der Waals surface area (Å²) in [7, 11) is 0. The van der Waals surface area contributed by atoms with Gasteiger partial charge in [0.25, 0.3) is 0 Å². The van der Waals surface area contributed by atoms with Crippen molar-refractivity contribution < 1.29 is 28.9 Å². The number of ether oxygens (including phenoxy) is 3. The average molecular weight is 458 g/mol. The normalized spacial score (nSPS) is 25.3. The molecular formula is C24H24ClNO6. The number of fused-ring (bicyclic) bond motifs is 1. The van der Waals surface area contributed by atoms with E-state index in [1.165, 1.54) is 0 Å². The minimum atomic E-state index is -0.822. The number of pyridine rings is 1. The highest BCUT2D eigenvalue weighted by Crippen LogP contribution is 2.39. The van der Waals surface area contributed by atoms with Gasteiger partial charge < -0.3 is 19.3 Å². The standard InChI is InChI=1S/C24H24ClNO6/c25-17-8-9-20-18(11-17)22(29)19(14-30-20)24-31-13-16(5-2-1-3-7-21(27)28)23(32-24)15-6-4-10-26-12-15/h1-2,4,6,8-12,16,19,23-24H,3,5,7,13-14H2,(H,27,28)/b2-1-/t16-,19?,23-,24+/m1/s1. The summed E-state index contributed by atoms with van der Waals surface area (Å²) in [5.41, 5.74) is 1.33. The molecule has 0 amide bonds. The lowest BCUT2D eigenvalue weighted by atomic mass is 9.90. The van der Waals surface area contributed by atoms with Crippen molar-refractivity contribution in [3.8, 4) is 5.75 Å². The molecule has 1 fully saturated rings. The van der Waals surface area contributed by atoms with Gasteiger partial charge in [-0.05, 0) is 42.7 Å². The zero-order valence-corrected chi connectivity index (χ0v) is 18.1. The van der Waals surface area contributed by atoms with E-state index in [4.69, 9.17) is 30.9 Å². The summed E-state index contributed by atoms with van der Waals surface area (Å²) in [4.78, 5) is 28.0. The molecule has 4 atom stereocenters. The summed E-state index contributed by atoms with van der Waals surface area (Å²) in [6, 6.07) is 8.77. The van der Waals surface area contributed by atoms with Crippen LogP contribution in [0.5, 0.6) is 5.75 Å². The third-order valence-corrected chi connectivity index (χ3v) is 5.85. The van der Waals surface area contributed by atoms with E-state index in [1.54, 1.807) is 30.6 Å². The Morgan fingerprint density at radius 2 is 2.12 bits per heavy atom. The molecule has 1 unspecified atom stereocenters. The van der Waals surface area contributed by atoms with Crippen LogP contribution in [0.25, 0.3) is 0 Å². The van der Waals surface area contributed by atoms with Crippen LogP contribution in [0.4, 0.5) is 0 Å². The van der Waals surface area contributed by atoms with E-state index in [0.717, 1.165) is 5.56 Å². The van der Waals surface area contributed by atoms with Crippen LogP contribution in [0.3, 0.4) is 0 Å². The molecule has 1 N–H and O–H groups in total. The van der Waals surface area contributed by atoms with Gasteiger partial charge >= 0.3 is 5.97 Å². The summed E-state index contributed by atoms with van der Waals surface area (Å²) in [5, 5.41) is 9.24. The smallest absolute Gasteiger partial charge is 0.303 e. The summed E-state index contributed by atoms with van der Waals surface area (Å²) in [6.45, 7) is 0.553. The second kappa shape index (κ2) is 10.3. The lowest BCUT2D eigenvalue weighted by molar-refractivity contribution is -0.255. The van der Waals surface area contributed by atoms with Gasteiger partial charge in [0.1, 0.15) is 18.3 Å². The lowest BCUT2D eigenvalue weighted by Crippen LogP contribution is -2.45. The molecule has 7 nitrogen and oxygen atoms in total. The largest absolute Gasteiger partial charge is 0.492 e. The number of ketones is 1. The number of benzene rings is 1. The Morgan fingerprint density at radius 3 is 2.91 bits per heavy atom. The van der Waals surface area contributed by atoms with E-state index < -0.39 is 18.2 Å². The van der Waals surface area contributed by atoms with Gasteiger partial charge in [-0.1, -0.05) is 29.8 Å². The van der Waals surface area contributed by atoms with Crippen LogP contribution in [0.15, 0.2) is 54.9 Å². The number of rotatable bonds is 7. The number of hydrogen-bond acceptors (Lipinski definition) is 6. The molecule has 2 aliphatic rings. The number of carboxylic acid groups (broad SMARTS) is 1. The third-order valence-electron chi connectivity index (χ3n) is 5.62. The fourth-order valence-electron chi connectivity index (χ4n) is 3.97. The Bertz CT molecular complexity index is 995. The third kappa shape index (κ3) is 5.18. The van der Waals surface area contributed by atoms with Gasteiger partial charge in [-0.15, -0.1) is 0 Å². The number of carboxylic acids is 1. The number of carbonyl (C=O) groups is 2. The Labute approximate surface area is 191 Å². The van der Waals surface area contributed by atoms with Gasteiger partial charge in [0.2, 0.25) is 0 Å². The van der Waals surface area contributed by atoms with Crippen LogP contribution < -0.4 is 4.74 Å². The molecule has 2 aliphatic heterocycles. The van der Waals surface area contributed by atoms with Crippen molar-refractivity contribution in [2.24, 2.45) is 11.8 Å². The van der Waals surface area contributed by atoms with Crippen LogP contribution in [0.2, 0.25) is 5.02 Å². The van der Waals surface area contributed by atoms with Gasteiger partial charge in [-0.2, -0.15) is 0 Å². The molecule has 0 saturated carbocycles. The Kier molecular flexibility index (Phi) is 7.19. The second-order valence-electron chi connectivity index (χ2n) is 7.87. The molecule has 0 spiro atoms. The maximum absolute atomic E-state index is 13.1. The summed E-state index contributed by atoms with van der Waals surface area (Å²) < 4.78 is 18.1. The van der Waals surface area contributed by atoms with Gasteiger partial charge in [0, 0.05) is 29.8 Å². The molecule has 0 aliphatic carbocycles. The van der Waals surface area contributed by atoms with Crippen molar-refractivity contribution in [2.45, 2.75) is 31.7 Å². The van der Waals surface area contributed by atoms with Crippen LogP contribution in [0.1, 0.15) is 41.3 Å². The summed E-state index contributed by atoms with van der Waals surface area (Å²) in [5.74, 6) is -1.03. The highest BCUT2D eigenvalue weighted by Gasteiger charge is 2.42. The van der Waals surface area contributed by atoms with E-state index in [-0.39, 0.29) is 30.8 Å². The molecule has 1 aromatic carbocycles. The first kappa shape index (κ1) is 22.5. The van der Waals surface area contributed by atoms with E-state index in [9.17, 15) is 9.59 Å². The highest BCUT2D eigenvalue weighted by molar-refractivity contribution is 6.31. The van der Waals surface area contributed by atoms with Gasteiger partial charge in [0.05, 0.1) is 18.3 Å². The second-order valence-corrected chi connectivity index (χ2v) is 8.30. The van der Waals surface area contributed by atoms with Crippen molar-refractivity contribution >= 4 is 23.4 Å². The van der Waals surface area contributed by atoms with Gasteiger partial charge in [-0.3, -0.25) is 14.6 Å². The predicted molar refractivity (Wildman–Crippen MR) is 117 cm³/mol. The minimum Gasteiger partial charge on any atom is -0.492 e. The van der Waals surface area contributed by atoms with Crippen molar-refractivity contribution in [1.29, 1.82) is 0 Å². The molecule has 0 bridgehead atoms. The van der Waals surface area contributed by atoms with E-state index in [0.29, 0.717) is 35.8 Å². The Morgan fingerprint density at radius 1 is 1.25 bits per heavy atom. The highest BCUT2D eigenvalue weighted by atomic mass is 35.5. The van der Waals surface area contributed by atoms with Crippen LogP contribution in [-0.4, -0.2) is 41.3 Å². The number of nitrogens with zero attached hydrogens (tertiary/aromatic N) is 1. The number of Topliss-reactive ketones (excluding diaryl/α,β-unsaturated/α-hetero) is 1. The summed E-state index contributed by atoms with van der Waals surface area (Å²) in [6.07, 6.45) is 7.41. The number of aromatic nitrogens is 1. The molecule has 0 radical (unpaired) electrons. The molecule has 8 heteroatoms. The molecular weight excluding hydrogens is 434 g/mol. The number of hydrogen-bond donors (Lipinski definition) is 1. The number of halogens is 1. The molecule has 4 rings (SSSR count). The molecule has 3 heterocycles. The first-order valence-corrected chi connectivity index (χ1v) is 10.9. The van der Waals surface area contributed by atoms with Crippen molar-refractivity contribution in [2.75, 3.05) is 13.2 Å². The Balaban J connectivity index is 1.48. The van der Waals surface area contributed by atoms with Crippen LogP contribution >= 0.6 is 11.6 Å². The monoisotopic (exact) mass is 457 g/mol. The average Bonchev–Trinajstić information content (AvgIpc) is 2.80. The maximum atomic E-state index is 13.1. The van der Waals surface area contributed by atoms with E-state index >= 15 is 0 Å². The van der Waals surface area contributed by atoms with E-state index in [1.807, 2.05) is 24.3 Å². The SMILES string of the molecule is O=C(O)CC/C=C\C[C@@H]1CO[C@H](C2COc3ccc(Cl)cc3C2=O)O[C@@H]1c1cccnc1. The molecule has 1 saturated heterocycles. The van der Waals surface area contributed by atoms with Crippen LogP contribution in [-0.2, 0) is 14.3 Å². The van der Waals surface area contributed by atoms with Crippen LogP contribution in [0, 0.1) is 11.8 Å². The van der Waals surface area contributed by atoms with E-state index in [2.05, 4.69) is 4.98 Å². The molecule has 168 valence electrons. The Hall–Kier alpha value is -2.74. The summed E-state index contributed by atoms with van der Waals surface area (Å²) >= 11 is 6.07.